The highest BCUT2D eigenvalue weighted by Crippen LogP contribution is 2.41. The van der Waals surface area contributed by atoms with Crippen LogP contribution in [0, 0.1) is 5.92 Å². The first-order chi connectivity index (χ1) is 12.9. The van der Waals surface area contributed by atoms with E-state index >= 15 is 0 Å². The summed E-state index contributed by atoms with van der Waals surface area (Å²) in [6.07, 6.45) is -1.35. The normalized spacial score (nSPS) is 21.7. The monoisotopic (exact) mass is 394 g/mol. The third kappa shape index (κ3) is 3.70. The maximum absolute atomic E-state index is 13.1. The van der Waals surface area contributed by atoms with Crippen LogP contribution in [0.1, 0.15) is 28.8 Å². The molecule has 1 amide bonds. The van der Waals surface area contributed by atoms with E-state index in [0.717, 1.165) is 37.6 Å². The molecule has 4 rings (SSSR count). The van der Waals surface area contributed by atoms with Gasteiger partial charge < -0.3 is 10.2 Å². The predicted molar refractivity (Wildman–Crippen MR) is 100 cm³/mol. The van der Waals surface area contributed by atoms with Crippen LogP contribution in [-0.4, -0.2) is 25.0 Å². The molecule has 1 N–H and O–H groups in total. The maximum atomic E-state index is 13.1. The van der Waals surface area contributed by atoms with Gasteiger partial charge in [-0.1, -0.05) is 6.07 Å². The van der Waals surface area contributed by atoms with Crippen LogP contribution in [0.5, 0.6) is 0 Å². The fraction of sp³-hybridized carbons (Fsp3) is 0.450. The van der Waals surface area contributed by atoms with Crippen molar-refractivity contribution in [1.29, 1.82) is 0 Å². The third-order valence-electron chi connectivity index (χ3n) is 5.51. The van der Waals surface area contributed by atoms with E-state index in [1.54, 1.807) is 17.4 Å². The van der Waals surface area contributed by atoms with Gasteiger partial charge in [-0.05, 0) is 60.9 Å². The largest absolute Gasteiger partial charge is 0.416 e. The van der Waals surface area contributed by atoms with Gasteiger partial charge in [-0.25, -0.2) is 0 Å². The first-order valence-corrected chi connectivity index (χ1v) is 10.1. The Morgan fingerprint density at radius 1 is 1.30 bits per heavy atom. The average molecular weight is 394 g/mol. The van der Waals surface area contributed by atoms with Crippen molar-refractivity contribution in [3.63, 3.8) is 0 Å². The van der Waals surface area contributed by atoms with E-state index in [1.807, 2.05) is 17.5 Å². The Bertz CT molecular complexity index is 819. The molecule has 3 nitrogen and oxygen atoms in total. The zero-order chi connectivity index (χ0) is 19.0. The molecule has 2 aromatic rings. The third-order valence-corrected chi connectivity index (χ3v) is 6.44. The summed E-state index contributed by atoms with van der Waals surface area (Å²) in [6, 6.07) is 8.03. The molecule has 7 heteroatoms. The molecule has 1 fully saturated rings. The van der Waals surface area contributed by atoms with Gasteiger partial charge >= 0.3 is 6.18 Å². The Morgan fingerprint density at radius 3 is 2.89 bits per heavy atom. The number of benzene rings is 1. The number of hydrogen-bond acceptors (Lipinski definition) is 3. The summed E-state index contributed by atoms with van der Waals surface area (Å²) in [4.78, 5) is 16.1. The minimum atomic E-state index is -4.37. The molecule has 0 aliphatic carbocycles. The zero-order valence-corrected chi connectivity index (χ0v) is 15.6. The van der Waals surface area contributed by atoms with Crippen molar-refractivity contribution in [3.05, 3.63) is 51.7 Å². The number of carbonyl (C=O) groups excluding carboxylic acids is 1. The number of fused-ring (bicyclic) bond motifs is 3. The van der Waals surface area contributed by atoms with E-state index in [2.05, 4.69) is 10.2 Å². The molecule has 3 heterocycles. The van der Waals surface area contributed by atoms with E-state index in [4.69, 9.17) is 0 Å². The molecule has 1 aromatic carbocycles. The topological polar surface area (TPSA) is 32.3 Å². The second-order valence-corrected chi connectivity index (χ2v) is 8.21. The molecule has 1 saturated heterocycles. The lowest BCUT2D eigenvalue weighted by Gasteiger charge is -2.39. The van der Waals surface area contributed by atoms with Gasteiger partial charge in [-0.15, -0.1) is 11.3 Å². The number of nitrogens with zero attached hydrogens (tertiary/aromatic N) is 1. The molecule has 2 atom stereocenters. The van der Waals surface area contributed by atoms with Crippen molar-refractivity contribution in [2.45, 2.75) is 37.9 Å². The molecule has 2 aliphatic heterocycles. The van der Waals surface area contributed by atoms with Gasteiger partial charge in [0, 0.05) is 29.7 Å². The lowest BCUT2D eigenvalue weighted by Crippen LogP contribution is -2.48. The van der Waals surface area contributed by atoms with Crippen molar-refractivity contribution in [1.82, 2.24) is 5.32 Å². The molecule has 27 heavy (non-hydrogen) atoms. The highest BCUT2D eigenvalue weighted by atomic mass is 32.1. The molecule has 2 unspecified atom stereocenters. The van der Waals surface area contributed by atoms with Crippen LogP contribution in [-0.2, 0) is 23.8 Å². The number of hydrogen-bond donors (Lipinski definition) is 1. The molecular formula is C20H21F3N2OS. The van der Waals surface area contributed by atoms with Crippen LogP contribution in [0.2, 0.25) is 0 Å². The fourth-order valence-electron chi connectivity index (χ4n) is 4.25. The summed E-state index contributed by atoms with van der Waals surface area (Å²) in [5, 5.41) is 5.00. The van der Waals surface area contributed by atoms with E-state index < -0.39 is 11.7 Å². The summed E-state index contributed by atoms with van der Waals surface area (Å²) in [5.74, 6) is -0.349. The lowest BCUT2D eigenvalue weighted by atomic mass is 9.84. The summed E-state index contributed by atoms with van der Waals surface area (Å²) >= 11 is 1.65. The Labute approximate surface area is 160 Å². The van der Waals surface area contributed by atoms with Crippen LogP contribution in [0.4, 0.5) is 18.9 Å². The van der Waals surface area contributed by atoms with Crippen molar-refractivity contribution in [2.24, 2.45) is 5.92 Å². The van der Waals surface area contributed by atoms with Gasteiger partial charge in [-0.2, -0.15) is 13.2 Å². The molecule has 1 aromatic heterocycles. The summed E-state index contributed by atoms with van der Waals surface area (Å²) in [5.41, 5.74) is 0.838. The Kier molecular flexibility index (Phi) is 4.88. The number of anilines is 1. The molecule has 0 spiro atoms. The number of thiophene rings is 1. The molecule has 2 aliphatic rings. The van der Waals surface area contributed by atoms with Gasteiger partial charge in [0.25, 0.3) is 0 Å². The molecule has 0 radical (unpaired) electrons. The number of carbonyl (C=O) groups is 1. The average Bonchev–Trinajstić information content (AvgIpc) is 3.31. The van der Waals surface area contributed by atoms with Crippen LogP contribution < -0.4 is 10.2 Å². The van der Waals surface area contributed by atoms with Crippen molar-refractivity contribution in [2.75, 3.05) is 18.0 Å². The smallest absolute Gasteiger partial charge is 0.368 e. The molecule has 144 valence electrons. The Hall–Kier alpha value is -2.02. The van der Waals surface area contributed by atoms with Crippen LogP contribution >= 0.6 is 11.3 Å². The molecule has 0 saturated carbocycles. The summed E-state index contributed by atoms with van der Waals surface area (Å²) < 4.78 is 39.3. The van der Waals surface area contributed by atoms with E-state index in [1.165, 1.54) is 10.9 Å². The highest BCUT2D eigenvalue weighted by Gasteiger charge is 2.42. The first kappa shape index (κ1) is 18.3. The summed E-state index contributed by atoms with van der Waals surface area (Å²) in [7, 11) is 0. The summed E-state index contributed by atoms with van der Waals surface area (Å²) in [6.45, 7) is 1.35. The van der Waals surface area contributed by atoms with E-state index in [0.29, 0.717) is 18.5 Å². The van der Waals surface area contributed by atoms with E-state index in [-0.39, 0.29) is 17.9 Å². The van der Waals surface area contributed by atoms with Gasteiger partial charge in [0.05, 0.1) is 11.5 Å². The standard InChI is InChI=1S/C20H21F3N2OS/c21-20(22,23)14-5-6-17-13(11-14)12-16(18-4-1-9-25(17)18)19(26)24-8-7-15-3-2-10-27-15/h2-3,5-6,10-11,16,18H,1,4,7-9,12H2,(H,24,26). The van der Waals surface area contributed by atoms with Crippen molar-refractivity contribution >= 4 is 22.9 Å². The maximum Gasteiger partial charge on any atom is 0.416 e. The number of halogens is 3. The van der Waals surface area contributed by atoms with Crippen LogP contribution in [0.3, 0.4) is 0 Å². The van der Waals surface area contributed by atoms with E-state index in [9.17, 15) is 18.0 Å². The Balaban J connectivity index is 1.51. The quantitative estimate of drug-likeness (QED) is 0.840. The van der Waals surface area contributed by atoms with Gasteiger partial charge in [0.1, 0.15) is 0 Å². The number of alkyl halides is 3. The second-order valence-electron chi connectivity index (χ2n) is 7.18. The highest BCUT2D eigenvalue weighted by molar-refractivity contribution is 7.09. The van der Waals surface area contributed by atoms with Crippen molar-refractivity contribution in [3.8, 4) is 0 Å². The predicted octanol–water partition coefficient (Wildman–Crippen LogP) is 4.27. The van der Waals surface area contributed by atoms with Gasteiger partial charge in [0.2, 0.25) is 5.91 Å². The fourth-order valence-corrected chi connectivity index (χ4v) is 4.96. The Morgan fingerprint density at radius 2 is 2.15 bits per heavy atom. The minimum absolute atomic E-state index is 0.0495. The van der Waals surface area contributed by atoms with Gasteiger partial charge in [0.15, 0.2) is 0 Å². The van der Waals surface area contributed by atoms with Crippen LogP contribution in [0.15, 0.2) is 35.7 Å². The lowest BCUT2D eigenvalue weighted by molar-refractivity contribution is -0.137. The van der Waals surface area contributed by atoms with Crippen molar-refractivity contribution < 1.29 is 18.0 Å². The zero-order valence-electron chi connectivity index (χ0n) is 14.8. The van der Waals surface area contributed by atoms with Gasteiger partial charge in [-0.3, -0.25) is 4.79 Å². The SMILES string of the molecule is O=C(NCCc1cccs1)C1Cc2cc(C(F)(F)F)ccc2N2CCCC12. The molecular weight excluding hydrogens is 373 g/mol. The van der Waals surface area contributed by atoms with Crippen LogP contribution in [0.25, 0.3) is 0 Å². The first-order valence-electron chi connectivity index (χ1n) is 9.20. The number of amides is 1. The second kappa shape index (κ2) is 7.19. The minimum Gasteiger partial charge on any atom is -0.368 e. The molecule has 0 bridgehead atoms. The number of rotatable bonds is 4. The number of nitrogens with one attached hydrogen (secondary N) is 1.